The first-order chi connectivity index (χ1) is 11.6. The number of nitrogens with one attached hydrogen (secondary N) is 2. The Morgan fingerprint density at radius 1 is 1.38 bits per heavy atom. The van der Waals surface area contributed by atoms with Gasteiger partial charge in [0.2, 0.25) is 5.91 Å². The number of hydrogen-bond acceptors (Lipinski definition) is 7. The molecule has 3 heterocycles. The Morgan fingerprint density at radius 3 is 3.08 bits per heavy atom. The van der Waals surface area contributed by atoms with E-state index in [-0.39, 0.29) is 11.9 Å². The summed E-state index contributed by atoms with van der Waals surface area (Å²) < 4.78 is 4.72. The highest BCUT2D eigenvalue weighted by Crippen LogP contribution is 2.25. The van der Waals surface area contributed by atoms with Crippen LogP contribution in [0.3, 0.4) is 0 Å². The Kier molecular flexibility index (Phi) is 3.95. The highest BCUT2D eigenvalue weighted by Gasteiger charge is 2.43. The molecule has 0 bridgehead atoms. The zero-order valence-corrected chi connectivity index (χ0v) is 13.9. The van der Waals surface area contributed by atoms with Crippen molar-refractivity contribution < 1.29 is 9.42 Å². The Morgan fingerprint density at radius 2 is 2.21 bits per heavy atom. The highest BCUT2D eigenvalue weighted by molar-refractivity contribution is 5.82. The molecule has 1 aromatic carbocycles. The number of benzene rings is 1. The molecule has 4 rings (SSSR count). The van der Waals surface area contributed by atoms with Gasteiger partial charge in [0.25, 0.3) is 0 Å². The van der Waals surface area contributed by atoms with Gasteiger partial charge in [-0.1, -0.05) is 6.07 Å². The Hall–Kier alpha value is -2.03. The number of fused-ring (bicyclic) bond motifs is 2. The fourth-order valence-electron chi connectivity index (χ4n) is 3.73. The summed E-state index contributed by atoms with van der Waals surface area (Å²) in [6.45, 7) is 2.54. The molecular formula is C16H22N6O2. The second-order valence-electron chi connectivity index (χ2n) is 6.87. The molecule has 0 spiro atoms. The van der Waals surface area contributed by atoms with Crippen molar-refractivity contribution in [2.24, 2.45) is 5.92 Å². The van der Waals surface area contributed by atoms with Crippen LogP contribution < -0.4 is 10.9 Å². The maximum Gasteiger partial charge on any atom is 0.241 e. The van der Waals surface area contributed by atoms with Crippen LogP contribution >= 0.6 is 0 Å². The summed E-state index contributed by atoms with van der Waals surface area (Å²) in [5.74, 6) is 0.421. The van der Waals surface area contributed by atoms with Crippen LogP contribution in [0.1, 0.15) is 12.0 Å². The summed E-state index contributed by atoms with van der Waals surface area (Å²) in [5.41, 5.74) is 8.95. The van der Waals surface area contributed by atoms with E-state index in [1.54, 1.807) is 4.90 Å². The van der Waals surface area contributed by atoms with Crippen molar-refractivity contribution in [1.29, 1.82) is 0 Å². The van der Waals surface area contributed by atoms with E-state index in [9.17, 15) is 4.79 Å². The topological polar surface area (TPSA) is 86.5 Å². The minimum Gasteiger partial charge on any atom is -0.340 e. The molecular weight excluding hydrogens is 308 g/mol. The third kappa shape index (κ3) is 2.77. The van der Waals surface area contributed by atoms with Crippen LogP contribution in [0.4, 0.5) is 0 Å². The lowest BCUT2D eigenvalue weighted by Gasteiger charge is -2.34. The van der Waals surface area contributed by atoms with Gasteiger partial charge in [0.15, 0.2) is 0 Å². The number of aromatic nitrogens is 2. The second kappa shape index (κ2) is 6.12. The number of amides is 1. The average Bonchev–Trinajstić information content (AvgIpc) is 3.19. The van der Waals surface area contributed by atoms with Gasteiger partial charge in [0.05, 0.1) is 0 Å². The fourth-order valence-corrected chi connectivity index (χ4v) is 3.73. The van der Waals surface area contributed by atoms with E-state index in [1.807, 2.05) is 25.2 Å². The van der Waals surface area contributed by atoms with Gasteiger partial charge in [0.1, 0.15) is 17.1 Å². The second-order valence-corrected chi connectivity index (χ2v) is 6.87. The van der Waals surface area contributed by atoms with Gasteiger partial charge in [-0.25, -0.2) is 10.1 Å². The summed E-state index contributed by atoms with van der Waals surface area (Å²) in [4.78, 5) is 16.9. The Bertz CT molecular complexity index is 747. The van der Waals surface area contributed by atoms with Gasteiger partial charge < -0.3 is 9.80 Å². The first-order valence-corrected chi connectivity index (χ1v) is 8.27. The molecule has 2 fully saturated rings. The molecule has 0 aliphatic carbocycles. The van der Waals surface area contributed by atoms with Crippen LogP contribution in [-0.4, -0.2) is 65.3 Å². The van der Waals surface area contributed by atoms with Crippen LogP contribution in [0.15, 0.2) is 22.8 Å². The summed E-state index contributed by atoms with van der Waals surface area (Å²) >= 11 is 0. The van der Waals surface area contributed by atoms with Gasteiger partial charge in [0, 0.05) is 32.1 Å². The predicted molar refractivity (Wildman–Crippen MR) is 87.7 cm³/mol. The van der Waals surface area contributed by atoms with Crippen LogP contribution in [0.25, 0.3) is 11.0 Å². The Balaban J connectivity index is 1.45. The normalized spacial score (nSPS) is 27.3. The molecule has 2 N–H and O–H groups in total. The largest absolute Gasteiger partial charge is 0.340 e. The van der Waals surface area contributed by atoms with Crippen LogP contribution in [0.2, 0.25) is 0 Å². The number of hydrogen-bond donors (Lipinski definition) is 2. The molecule has 2 aliphatic rings. The average molecular weight is 330 g/mol. The van der Waals surface area contributed by atoms with Gasteiger partial charge in [-0.2, -0.15) is 0 Å². The zero-order valence-electron chi connectivity index (χ0n) is 13.9. The van der Waals surface area contributed by atoms with Gasteiger partial charge in [-0.3, -0.25) is 10.2 Å². The van der Waals surface area contributed by atoms with E-state index < -0.39 is 0 Å². The van der Waals surface area contributed by atoms with E-state index >= 15 is 0 Å². The fraction of sp³-hybridized carbons (Fsp3) is 0.562. The molecule has 0 radical (unpaired) electrons. The van der Waals surface area contributed by atoms with E-state index in [2.05, 4.69) is 33.1 Å². The number of likely N-dealkylation sites (tertiary alicyclic amines) is 1. The molecule has 24 heavy (non-hydrogen) atoms. The van der Waals surface area contributed by atoms with Crippen molar-refractivity contribution >= 4 is 16.9 Å². The zero-order chi connectivity index (χ0) is 16.7. The van der Waals surface area contributed by atoms with Crippen LogP contribution in [0.5, 0.6) is 0 Å². The number of carbonyl (C=O) groups excluding carboxylic acids is 1. The van der Waals surface area contributed by atoms with Gasteiger partial charge in [-0.15, -0.1) is 0 Å². The number of likely N-dealkylation sites (N-methyl/N-ethyl adjacent to an activating group) is 1. The number of carbonyl (C=O) groups is 1. The summed E-state index contributed by atoms with van der Waals surface area (Å²) in [6, 6.07) is 5.92. The van der Waals surface area contributed by atoms with Crippen molar-refractivity contribution in [3.8, 4) is 0 Å². The maximum atomic E-state index is 12.9. The molecule has 3 atom stereocenters. The number of rotatable bonds is 3. The standard InChI is InChI=1S/C16H22N6O2/c1-21-6-5-12-11(9-21)15(18-17-12)16(23)22(2)8-10-3-4-13-14(7-10)20-24-19-13/h3-4,7,11-12,15,17-18H,5-6,8-9H2,1-2H3. The first kappa shape index (κ1) is 15.5. The van der Waals surface area contributed by atoms with E-state index in [0.717, 1.165) is 30.6 Å². The third-order valence-corrected chi connectivity index (χ3v) is 5.09. The molecule has 8 nitrogen and oxygen atoms in total. The van der Waals surface area contributed by atoms with Crippen molar-refractivity contribution in [3.63, 3.8) is 0 Å². The monoisotopic (exact) mass is 330 g/mol. The van der Waals surface area contributed by atoms with Crippen LogP contribution in [-0.2, 0) is 11.3 Å². The molecule has 1 amide bonds. The van der Waals surface area contributed by atoms with E-state index in [4.69, 9.17) is 4.63 Å². The summed E-state index contributed by atoms with van der Waals surface area (Å²) in [7, 11) is 3.95. The molecule has 3 unspecified atom stereocenters. The lowest BCUT2D eigenvalue weighted by molar-refractivity contribution is -0.133. The molecule has 1 aromatic heterocycles. The Labute approximate surface area is 140 Å². The molecule has 2 saturated heterocycles. The lowest BCUT2D eigenvalue weighted by atomic mass is 9.88. The number of piperidine rings is 1. The maximum absolute atomic E-state index is 12.9. The predicted octanol–water partition coefficient (Wildman–Crippen LogP) is -0.0221. The van der Waals surface area contributed by atoms with Crippen LogP contribution in [0, 0.1) is 5.92 Å². The van der Waals surface area contributed by atoms with Crippen molar-refractivity contribution in [1.82, 2.24) is 31.0 Å². The summed E-state index contributed by atoms with van der Waals surface area (Å²) in [6.07, 6.45) is 1.07. The highest BCUT2D eigenvalue weighted by atomic mass is 16.6. The van der Waals surface area contributed by atoms with Gasteiger partial charge in [-0.05, 0) is 48.0 Å². The minimum atomic E-state index is -0.180. The number of nitrogens with zero attached hydrogens (tertiary/aromatic N) is 4. The molecule has 0 saturated carbocycles. The minimum absolute atomic E-state index is 0.115. The molecule has 8 heteroatoms. The molecule has 2 aliphatic heterocycles. The smallest absolute Gasteiger partial charge is 0.241 e. The van der Waals surface area contributed by atoms with Crippen molar-refractivity contribution in [2.75, 3.05) is 27.2 Å². The summed E-state index contributed by atoms with van der Waals surface area (Å²) in [5, 5.41) is 7.65. The van der Waals surface area contributed by atoms with Crippen molar-refractivity contribution in [2.45, 2.75) is 25.0 Å². The molecule has 2 aromatic rings. The lowest BCUT2D eigenvalue weighted by Crippen LogP contribution is -2.49. The SMILES string of the molecule is CN1CCC2NNC(C(=O)N(C)Cc3ccc4nonc4c3)C2C1. The first-order valence-electron chi connectivity index (χ1n) is 8.27. The molecule has 128 valence electrons. The quantitative estimate of drug-likeness (QED) is 0.818. The van der Waals surface area contributed by atoms with Crippen molar-refractivity contribution in [3.05, 3.63) is 23.8 Å². The van der Waals surface area contributed by atoms with Gasteiger partial charge >= 0.3 is 0 Å². The number of hydrazine groups is 1. The van der Waals surface area contributed by atoms with E-state index in [1.165, 1.54) is 0 Å². The third-order valence-electron chi connectivity index (χ3n) is 5.09. The van der Waals surface area contributed by atoms with E-state index in [0.29, 0.717) is 24.0 Å².